The largest absolute Gasteiger partial charge is 0.494 e. The third-order valence-corrected chi connectivity index (χ3v) is 4.55. The van der Waals surface area contributed by atoms with Gasteiger partial charge in [0.1, 0.15) is 10.7 Å². The van der Waals surface area contributed by atoms with Crippen LogP contribution in [0.2, 0.25) is 5.02 Å². The Balaban J connectivity index is 2.15. The highest BCUT2D eigenvalue weighted by molar-refractivity contribution is 6.33. The second-order valence-corrected chi connectivity index (χ2v) is 6.48. The van der Waals surface area contributed by atoms with Crippen molar-refractivity contribution in [1.29, 1.82) is 0 Å². The van der Waals surface area contributed by atoms with Crippen molar-refractivity contribution in [2.24, 2.45) is 0 Å². The molecule has 0 atom stereocenters. The summed E-state index contributed by atoms with van der Waals surface area (Å²) in [4.78, 5) is 27.5. The summed E-state index contributed by atoms with van der Waals surface area (Å²) in [6.07, 6.45) is 2.17. The van der Waals surface area contributed by atoms with Gasteiger partial charge in [-0.2, -0.15) is 17.9 Å². The van der Waals surface area contributed by atoms with Crippen molar-refractivity contribution in [1.82, 2.24) is 19.7 Å². The number of carbonyl (C=O) groups excluding carboxylic acids is 1. The lowest BCUT2D eigenvalue weighted by Gasteiger charge is -2.11. The monoisotopic (exact) mass is 436 g/mol. The third kappa shape index (κ3) is 3.24. The number of pyridine rings is 2. The maximum Gasteiger partial charge on any atom is 0.493 e. The molecule has 4 heterocycles. The molecular formula is C19H12ClF3N4O3. The molecule has 30 heavy (non-hydrogen) atoms. The number of carbonyl (C=O) groups is 1. The van der Waals surface area contributed by atoms with Gasteiger partial charge in [0.15, 0.2) is 11.4 Å². The van der Waals surface area contributed by atoms with Crippen molar-refractivity contribution < 1.29 is 27.5 Å². The first-order valence-corrected chi connectivity index (χ1v) is 8.80. The van der Waals surface area contributed by atoms with E-state index in [1.54, 1.807) is 36.8 Å². The van der Waals surface area contributed by atoms with E-state index in [1.165, 1.54) is 19.5 Å². The highest BCUT2D eigenvalue weighted by atomic mass is 35.5. The van der Waals surface area contributed by atoms with Crippen LogP contribution < -0.4 is 9.57 Å². The molecule has 0 saturated carbocycles. The Hall–Kier alpha value is -3.53. The van der Waals surface area contributed by atoms with Gasteiger partial charge >= 0.3 is 12.1 Å². The molecule has 0 radical (unpaired) electrons. The molecule has 0 bridgehead atoms. The molecule has 0 aliphatic carbocycles. The molecule has 0 fully saturated rings. The van der Waals surface area contributed by atoms with E-state index in [0.717, 1.165) is 4.73 Å². The first-order valence-electron chi connectivity index (χ1n) is 8.43. The maximum absolute atomic E-state index is 13.0. The molecule has 0 aliphatic rings. The Morgan fingerprint density at radius 2 is 2.03 bits per heavy atom. The number of fused-ring (bicyclic) bond motifs is 1. The zero-order valence-electron chi connectivity index (χ0n) is 15.2. The number of H-pyrrole nitrogens is 1. The van der Waals surface area contributed by atoms with E-state index < -0.39 is 12.1 Å². The van der Waals surface area contributed by atoms with Crippen LogP contribution in [-0.2, 0) is 4.79 Å². The average Bonchev–Trinajstić information content (AvgIpc) is 3.34. The quantitative estimate of drug-likeness (QED) is 0.516. The number of methoxy groups -OCH3 is 1. The lowest BCUT2D eigenvalue weighted by molar-refractivity contribution is -0.199. The number of aromatic amines is 1. The fourth-order valence-electron chi connectivity index (χ4n) is 3.11. The smallest absolute Gasteiger partial charge is 0.493 e. The first-order chi connectivity index (χ1) is 14.3. The normalized spacial score (nSPS) is 11.6. The third-order valence-electron chi connectivity index (χ3n) is 4.28. The predicted molar refractivity (Wildman–Crippen MR) is 102 cm³/mol. The summed E-state index contributed by atoms with van der Waals surface area (Å²) in [6, 6.07) is 4.97. The minimum absolute atomic E-state index is 0.0797. The Kier molecular flexibility index (Phi) is 4.86. The number of nitrogens with one attached hydrogen (secondary N) is 1. The standard InChI is InChI=1S/C19H12ClF3N4O3/c1-29-16-12(20)9-26-17-14(16)13(10-3-2-5-24-7-10)15(11-4-6-25-8-11)27(17)30-18(28)19(21,22)23/h2-9,25H,1H3. The summed E-state index contributed by atoms with van der Waals surface area (Å²) >= 11 is 6.22. The van der Waals surface area contributed by atoms with Crippen LogP contribution in [0.5, 0.6) is 5.75 Å². The fraction of sp³-hybridized carbons (Fsp3) is 0.105. The van der Waals surface area contributed by atoms with Gasteiger partial charge < -0.3 is 14.6 Å². The van der Waals surface area contributed by atoms with E-state index in [-0.39, 0.29) is 27.5 Å². The zero-order chi connectivity index (χ0) is 21.5. The topological polar surface area (TPSA) is 82.0 Å². The van der Waals surface area contributed by atoms with Gasteiger partial charge in [0.2, 0.25) is 0 Å². The van der Waals surface area contributed by atoms with Crippen molar-refractivity contribution in [3.8, 4) is 28.1 Å². The molecular weight excluding hydrogens is 425 g/mol. The Bertz CT molecular complexity index is 1220. The van der Waals surface area contributed by atoms with Crippen molar-refractivity contribution >= 4 is 28.6 Å². The molecule has 0 amide bonds. The molecule has 0 aliphatic heterocycles. The predicted octanol–water partition coefficient (Wildman–Crippen LogP) is 4.27. The van der Waals surface area contributed by atoms with E-state index in [1.807, 2.05) is 0 Å². The minimum atomic E-state index is -5.21. The Labute approximate surface area is 172 Å². The molecule has 154 valence electrons. The molecule has 1 N–H and O–H groups in total. The SMILES string of the molecule is COc1c(Cl)cnc2c1c(-c1cccnc1)c(-c1cc[nH]c1)n2OC(=O)C(F)(F)F. The summed E-state index contributed by atoms with van der Waals surface area (Å²) in [5, 5.41) is 0.402. The minimum Gasteiger partial charge on any atom is -0.494 e. The van der Waals surface area contributed by atoms with E-state index in [9.17, 15) is 18.0 Å². The number of nitrogens with zero attached hydrogens (tertiary/aromatic N) is 3. The van der Waals surface area contributed by atoms with Crippen LogP contribution in [0.4, 0.5) is 13.2 Å². The van der Waals surface area contributed by atoms with Crippen LogP contribution in [0.1, 0.15) is 0 Å². The second kappa shape index (κ2) is 7.38. The summed E-state index contributed by atoms with van der Waals surface area (Å²) in [5.74, 6) is -2.23. The lowest BCUT2D eigenvalue weighted by atomic mass is 10.0. The molecule has 4 aromatic rings. The summed E-state index contributed by atoms with van der Waals surface area (Å²) < 4.78 is 45.1. The van der Waals surface area contributed by atoms with Crippen LogP contribution in [0, 0.1) is 0 Å². The summed E-state index contributed by atoms with van der Waals surface area (Å²) in [6.45, 7) is 0. The number of aromatic nitrogens is 4. The van der Waals surface area contributed by atoms with E-state index >= 15 is 0 Å². The van der Waals surface area contributed by atoms with Gasteiger partial charge in [-0.1, -0.05) is 17.7 Å². The second-order valence-electron chi connectivity index (χ2n) is 6.07. The van der Waals surface area contributed by atoms with Crippen molar-refractivity contribution in [2.45, 2.75) is 6.18 Å². The van der Waals surface area contributed by atoms with Crippen LogP contribution in [0.3, 0.4) is 0 Å². The lowest BCUT2D eigenvalue weighted by Crippen LogP contribution is -2.33. The molecule has 0 saturated heterocycles. The number of hydrogen-bond acceptors (Lipinski definition) is 5. The molecule has 7 nitrogen and oxygen atoms in total. The average molecular weight is 437 g/mol. The highest BCUT2D eigenvalue weighted by Gasteiger charge is 2.43. The summed E-state index contributed by atoms with van der Waals surface area (Å²) in [7, 11) is 1.36. The number of rotatable bonds is 4. The number of ether oxygens (including phenoxy) is 1. The zero-order valence-corrected chi connectivity index (χ0v) is 16.0. The van der Waals surface area contributed by atoms with Gasteiger partial charge in [0.25, 0.3) is 0 Å². The van der Waals surface area contributed by atoms with Crippen molar-refractivity contribution in [2.75, 3.05) is 7.11 Å². The van der Waals surface area contributed by atoms with Gasteiger partial charge in [-0.3, -0.25) is 4.98 Å². The highest BCUT2D eigenvalue weighted by Crippen LogP contribution is 2.45. The van der Waals surface area contributed by atoms with Crippen molar-refractivity contribution in [3.63, 3.8) is 0 Å². The fourth-order valence-corrected chi connectivity index (χ4v) is 3.34. The molecule has 4 rings (SSSR count). The number of alkyl halides is 3. The van der Waals surface area contributed by atoms with Gasteiger partial charge in [-0.05, 0) is 12.1 Å². The van der Waals surface area contributed by atoms with E-state index in [2.05, 4.69) is 15.0 Å². The molecule has 0 aromatic carbocycles. The summed E-state index contributed by atoms with van der Waals surface area (Å²) in [5.41, 5.74) is 1.43. The van der Waals surface area contributed by atoms with E-state index in [0.29, 0.717) is 16.7 Å². The van der Waals surface area contributed by atoms with Crippen molar-refractivity contribution in [3.05, 3.63) is 54.2 Å². The van der Waals surface area contributed by atoms with Crippen LogP contribution in [0.25, 0.3) is 33.4 Å². The Morgan fingerprint density at radius 3 is 2.63 bits per heavy atom. The van der Waals surface area contributed by atoms with Gasteiger partial charge in [-0.15, -0.1) is 0 Å². The van der Waals surface area contributed by atoms with Crippen LogP contribution >= 0.6 is 11.6 Å². The van der Waals surface area contributed by atoms with Gasteiger partial charge in [0.05, 0.1) is 18.7 Å². The van der Waals surface area contributed by atoms with E-state index in [4.69, 9.17) is 21.2 Å². The number of halogens is 4. The van der Waals surface area contributed by atoms with Crippen LogP contribution in [-0.4, -0.2) is 38.9 Å². The van der Waals surface area contributed by atoms with Gasteiger partial charge in [0, 0.05) is 41.5 Å². The molecule has 4 aromatic heterocycles. The van der Waals surface area contributed by atoms with Gasteiger partial charge in [-0.25, -0.2) is 9.78 Å². The maximum atomic E-state index is 13.0. The molecule has 0 spiro atoms. The molecule has 11 heteroatoms. The number of hydrogen-bond donors (Lipinski definition) is 1. The van der Waals surface area contributed by atoms with Crippen LogP contribution in [0.15, 0.2) is 49.2 Å². The molecule has 0 unspecified atom stereocenters. The Morgan fingerprint density at radius 1 is 1.23 bits per heavy atom. The first kappa shape index (κ1) is 19.8.